The van der Waals surface area contributed by atoms with Gasteiger partial charge in [-0.2, -0.15) is 0 Å². The van der Waals surface area contributed by atoms with Gasteiger partial charge in [0.2, 0.25) is 5.91 Å². The molecule has 108 valence electrons. The molecule has 0 aliphatic rings. The Labute approximate surface area is 129 Å². The van der Waals surface area contributed by atoms with Crippen LogP contribution in [0.5, 0.6) is 0 Å². The Morgan fingerprint density at radius 3 is 2.95 bits per heavy atom. The predicted octanol–water partition coefficient (Wildman–Crippen LogP) is 3.20. The molecule has 1 heterocycles. The lowest BCUT2D eigenvalue weighted by Gasteiger charge is -2.08. The lowest BCUT2D eigenvalue weighted by atomic mass is 10.3. The molecule has 0 spiro atoms. The lowest BCUT2D eigenvalue weighted by Crippen LogP contribution is -2.24. The summed E-state index contributed by atoms with van der Waals surface area (Å²) in [5, 5.41) is 2.73. The first-order valence-electron chi connectivity index (χ1n) is 6.23. The number of halogens is 3. The number of carbonyl (C=O) groups excluding carboxylic acids is 1. The van der Waals surface area contributed by atoms with E-state index < -0.39 is 0 Å². The van der Waals surface area contributed by atoms with E-state index in [-0.39, 0.29) is 17.6 Å². The SMILES string of the molecule is CCNC(=O)CCn1c(CCl)nc2cc(Br)c(F)cc21. The molecule has 4 nitrogen and oxygen atoms in total. The molecule has 20 heavy (non-hydrogen) atoms. The second-order valence-corrected chi connectivity index (χ2v) is 5.39. The molecule has 0 radical (unpaired) electrons. The molecule has 2 aromatic rings. The average Bonchev–Trinajstić information content (AvgIpc) is 2.74. The van der Waals surface area contributed by atoms with Crippen molar-refractivity contribution in [3.8, 4) is 0 Å². The molecular weight excluding hydrogens is 349 g/mol. The molecule has 0 aliphatic heterocycles. The molecule has 1 aromatic heterocycles. The summed E-state index contributed by atoms with van der Waals surface area (Å²) in [5.41, 5.74) is 1.30. The highest BCUT2D eigenvalue weighted by atomic mass is 79.9. The highest BCUT2D eigenvalue weighted by Crippen LogP contribution is 2.25. The molecule has 0 unspecified atom stereocenters. The first-order chi connectivity index (χ1) is 9.56. The standard InChI is InChI=1S/C13H14BrClFN3O/c1-2-17-13(20)3-4-19-11-6-9(16)8(14)5-10(11)18-12(19)7-15/h5-6H,2-4,7H2,1H3,(H,17,20). The fraction of sp³-hybridized carbons (Fsp3) is 0.385. The Kier molecular flexibility index (Phi) is 4.99. The predicted molar refractivity (Wildman–Crippen MR) is 80.2 cm³/mol. The molecule has 0 saturated carbocycles. The van der Waals surface area contributed by atoms with Crippen LogP contribution < -0.4 is 5.32 Å². The summed E-state index contributed by atoms with van der Waals surface area (Å²) in [7, 11) is 0. The normalized spacial score (nSPS) is 11.0. The van der Waals surface area contributed by atoms with Gasteiger partial charge in [0.15, 0.2) is 0 Å². The van der Waals surface area contributed by atoms with Crippen LogP contribution in [-0.2, 0) is 17.2 Å². The van der Waals surface area contributed by atoms with E-state index in [4.69, 9.17) is 11.6 Å². The van der Waals surface area contributed by atoms with E-state index in [9.17, 15) is 9.18 Å². The maximum atomic E-state index is 13.7. The number of hydrogen-bond acceptors (Lipinski definition) is 2. The van der Waals surface area contributed by atoms with Gasteiger partial charge in [-0.25, -0.2) is 9.37 Å². The number of hydrogen-bond donors (Lipinski definition) is 1. The molecular formula is C13H14BrClFN3O. The molecule has 0 bridgehead atoms. The van der Waals surface area contributed by atoms with Crippen molar-refractivity contribution in [3.63, 3.8) is 0 Å². The van der Waals surface area contributed by atoms with Crippen molar-refractivity contribution in [3.05, 3.63) is 28.2 Å². The number of alkyl halides is 1. The van der Waals surface area contributed by atoms with Gasteiger partial charge in [0.1, 0.15) is 11.6 Å². The third-order valence-electron chi connectivity index (χ3n) is 2.93. The molecule has 1 N–H and O–H groups in total. The van der Waals surface area contributed by atoms with Gasteiger partial charge in [0, 0.05) is 25.6 Å². The smallest absolute Gasteiger partial charge is 0.221 e. The largest absolute Gasteiger partial charge is 0.356 e. The monoisotopic (exact) mass is 361 g/mol. The number of nitrogens with zero attached hydrogens (tertiary/aromatic N) is 2. The number of aromatic nitrogens is 2. The van der Waals surface area contributed by atoms with Crippen LogP contribution in [0.3, 0.4) is 0 Å². The molecule has 2 rings (SSSR count). The molecule has 0 saturated heterocycles. The van der Waals surface area contributed by atoms with Gasteiger partial charge in [-0.3, -0.25) is 4.79 Å². The summed E-state index contributed by atoms with van der Waals surface area (Å²) in [5.74, 6) is 0.428. The number of benzene rings is 1. The van der Waals surface area contributed by atoms with Gasteiger partial charge >= 0.3 is 0 Å². The summed E-state index contributed by atoms with van der Waals surface area (Å²) < 4.78 is 15.8. The van der Waals surface area contributed by atoms with E-state index in [0.717, 1.165) is 0 Å². The van der Waals surface area contributed by atoms with Gasteiger partial charge in [0.25, 0.3) is 0 Å². The van der Waals surface area contributed by atoms with Crippen LogP contribution in [0.1, 0.15) is 19.2 Å². The Morgan fingerprint density at radius 1 is 1.55 bits per heavy atom. The van der Waals surface area contributed by atoms with Crippen molar-refractivity contribution >= 4 is 44.5 Å². The van der Waals surface area contributed by atoms with Crippen molar-refractivity contribution in [2.75, 3.05) is 6.54 Å². The van der Waals surface area contributed by atoms with Crippen LogP contribution in [-0.4, -0.2) is 22.0 Å². The fourth-order valence-electron chi connectivity index (χ4n) is 2.02. The quantitative estimate of drug-likeness (QED) is 0.830. The number of nitrogens with one attached hydrogen (secondary N) is 1. The number of aryl methyl sites for hydroxylation is 1. The third kappa shape index (κ3) is 3.12. The summed E-state index contributed by atoms with van der Waals surface area (Å²) in [6, 6.07) is 3.02. The molecule has 7 heteroatoms. The minimum Gasteiger partial charge on any atom is -0.356 e. The van der Waals surface area contributed by atoms with Gasteiger partial charge in [-0.1, -0.05) is 0 Å². The maximum absolute atomic E-state index is 13.7. The van der Waals surface area contributed by atoms with Crippen LogP contribution in [0.15, 0.2) is 16.6 Å². The molecule has 1 aromatic carbocycles. The fourth-order valence-corrected chi connectivity index (χ4v) is 2.56. The second kappa shape index (κ2) is 6.54. The zero-order valence-corrected chi connectivity index (χ0v) is 13.3. The van der Waals surface area contributed by atoms with Gasteiger partial charge in [-0.15, -0.1) is 11.6 Å². The summed E-state index contributed by atoms with van der Waals surface area (Å²) in [6.07, 6.45) is 0.306. The highest BCUT2D eigenvalue weighted by Gasteiger charge is 2.13. The van der Waals surface area contributed by atoms with E-state index in [0.29, 0.717) is 40.8 Å². The summed E-state index contributed by atoms with van der Waals surface area (Å²) >= 11 is 9.00. The minimum atomic E-state index is -0.363. The van der Waals surface area contributed by atoms with Crippen LogP contribution in [0.2, 0.25) is 0 Å². The number of fused-ring (bicyclic) bond motifs is 1. The van der Waals surface area contributed by atoms with Crippen molar-refractivity contribution in [2.45, 2.75) is 25.8 Å². The average molecular weight is 363 g/mol. The molecule has 1 amide bonds. The van der Waals surface area contributed by atoms with Crippen LogP contribution in [0.25, 0.3) is 11.0 Å². The maximum Gasteiger partial charge on any atom is 0.221 e. The Morgan fingerprint density at radius 2 is 2.30 bits per heavy atom. The van der Waals surface area contributed by atoms with Gasteiger partial charge in [0.05, 0.1) is 21.4 Å². The Balaban J connectivity index is 2.35. The third-order valence-corrected chi connectivity index (χ3v) is 3.77. The molecule has 0 aliphatic carbocycles. The van der Waals surface area contributed by atoms with Crippen molar-refractivity contribution in [1.82, 2.24) is 14.9 Å². The first kappa shape index (κ1) is 15.3. The summed E-state index contributed by atoms with van der Waals surface area (Å²) in [4.78, 5) is 15.9. The molecule has 0 fully saturated rings. The van der Waals surface area contributed by atoms with E-state index in [1.807, 2.05) is 6.92 Å². The topological polar surface area (TPSA) is 46.9 Å². The van der Waals surface area contributed by atoms with Crippen LogP contribution in [0.4, 0.5) is 4.39 Å². The molecule has 0 atom stereocenters. The number of amides is 1. The lowest BCUT2D eigenvalue weighted by molar-refractivity contribution is -0.121. The zero-order valence-electron chi connectivity index (χ0n) is 10.9. The van der Waals surface area contributed by atoms with Crippen molar-refractivity contribution in [2.24, 2.45) is 0 Å². The minimum absolute atomic E-state index is 0.0487. The second-order valence-electron chi connectivity index (χ2n) is 4.27. The van der Waals surface area contributed by atoms with E-state index in [2.05, 4.69) is 26.2 Å². The number of carbonyl (C=O) groups is 1. The van der Waals surface area contributed by atoms with E-state index in [1.165, 1.54) is 6.07 Å². The Hall–Kier alpha value is -1.14. The van der Waals surface area contributed by atoms with Crippen LogP contribution in [0, 0.1) is 5.82 Å². The highest BCUT2D eigenvalue weighted by molar-refractivity contribution is 9.10. The van der Waals surface area contributed by atoms with Gasteiger partial charge in [-0.05, 0) is 28.9 Å². The summed E-state index contributed by atoms with van der Waals surface area (Å²) in [6.45, 7) is 2.88. The van der Waals surface area contributed by atoms with Crippen molar-refractivity contribution < 1.29 is 9.18 Å². The van der Waals surface area contributed by atoms with Crippen molar-refractivity contribution in [1.29, 1.82) is 0 Å². The van der Waals surface area contributed by atoms with E-state index in [1.54, 1.807) is 10.6 Å². The number of imidazole rings is 1. The van der Waals surface area contributed by atoms with Crippen LogP contribution >= 0.6 is 27.5 Å². The number of rotatable bonds is 5. The van der Waals surface area contributed by atoms with E-state index >= 15 is 0 Å². The Bertz CT molecular complexity index is 644. The van der Waals surface area contributed by atoms with Gasteiger partial charge < -0.3 is 9.88 Å². The zero-order chi connectivity index (χ0) is 14.7. The first-order valence-corrected chi connectivity index (χ1v) is 7.56.